The Morgan fingerprint density at radius 3 is 2.43 bits per heavy atom. The lowest BCUT2D eigenvalue weighted by Gasteiger charge is -2.09. The lowest BCUT2D eigenvalue weighted by atomic mass is 10.2. The second-order valence-corrected chi connectivity index (χ2v) is 7.24. The van der Waals surface area contributed by atoms with Crippen LogP contribution in [-0.2, 0) is 23.4 Å². The van der Waals surface area contributed by atoms with Gasteiger partial charge in [0.25, 0.3) is 0 Å². The second kappa shape index (κ2) is 5.52. The Kier molecular flexibility index (Phi) is 4.09. The molecule has 1 N–H and O–H groups in total. The summed E-state index contributed by atoms with van der Waals surface area (Å²) >= 11 is 0. The van der Waals surface area contributed by atoms with Gasteiger partial charge < -0.3 is 9.88 Å². The van der Waals surface area contributed by atoms with E-state index in [2.05, 4.69) is 9.88 Å². The fourth-order valence-corrected chi connectivity index (χ4v) is 2.82. The first-order chi connectivity index (χ1) is 9.70. The van der Waals surface area contributed by atoms with Gasteiger partial charge in [0.1, 0.15) is 5.82 Å². The number of aromatic nitrogens is 1. The SMILES string of the molecule is Cc1cc(CNc2cc(S(C)(=O)=O)ccc2F)c(C)n1C. The molecule has 0 spiro atoms. The van der Waals surface area contributed by atoms with E-state index in [9.17, 15) is 12.8 Å². The molecule has 0 saturated heterocycles. The molecule has 114 valence electrons. The van der Waals surface area contributed by atoms with E-state index in [1.165, 1.54) is 18.2 Å². The Hall–Kier alpha value is -1.82. The molecule has 0 aliphatic carbocycles. The number of benzene rings is 1. The highest BCUT2D eigenvalue weighted by molar-refractivity contribution is 7.90. The second-order valence-electron chi connectivity index (χ2n) is 5.22. The third-order valence-electron chi connectivity index (χ3n) is 3.72. The minimum Gasteiger partial charge on any atom is -0.378 e. The molecular formula is C15H19FN2O2S. The number of hydrogen-bond donors (Lipinski definition) is 1. The zero-order valence-corrected chi connectivity index (χ0v) is 13.4. The van der Waals surface area contributed by atoms with Crippen molar-refractivity contribution in [2.24, 2.45) is 7.05 Å². The first-order valence-corrected chi connectivity index (χ1v) is 8.44. The first-order valence-electron chi connectivity index (χ1n) is 6.55. The van der Waals surface area contributed by atoms with Crippen molar-refractivity contribution in [1.29, 1.82) is 0 Å². The van der Waals surface area contributed by atoms with Gasteiger partial charge in [0.15, 0.2) is 9.84 Å². The molecule has 0 unspecified atom stereocenters. The molecule has 0 fully saturated rings. The van der Waals surface area contributed by atoms with Crippen LogP contribution in [0.2, 0.25) is 0 Å². The van der Waals surface area contributed by atoms with E-state index in [0.717, 1.165) is 23.2 Å². The predicted molar refractivity (Wildman–Crippen MR) is 81.7 cm³/mol. The van der Waals surface area contributed by atoms with Crippen LogP contribution in [0, 0.1) is 19.7 Å². The van der Waals surface area contributed by atoms with E-state index in [4.69, 9.17) is 0 Å². The fraction of sp³-hybridized carbons (Fsp3) is 0.333. The lowest BCUT2D eigenvalue weighted by molar-refractivity contribution is 0.600. The zero-order valence-electron chi connectivity index (χ0n) is 12.6. The normalized spacial score (nSPS) is 11.7. The predicted octanol–water partition coefficient (Wildman–Crippen LogP) is 2.80. The van der Waals surface area contributed by atoms with Crippen molar-refractivity contribution in [3.8, 4) is 0 Å². The van der Waals surface area contributed by atoms with Gasteiger partial charge in [-0.1, -0.05) is 0 Å². The molecule has 0 amide bonds. The molecule has 0 aliphatic heterocycles. The summed E-state index contributed by atoms with van der Waals surface area (Å²) in [5, 5.41) is 2.97. The lowest BCUT2D eigenvalue weighted by Crippen LogP contribution is -2.05. The molecule has 0 aliphatic rings. The van der Waals surface area contributed by atoms with Crippen molar-refractivity contribution in [2.75, 3.05) is 11.6 Å². The standard InChI is InChI=1S/C15H19FN2O2S/c1-10-7-12(11(2)18(10)3)9-17-15-8-13(21(4,19)20)5-6-14(15)16/h5-8,17H,9H2,1-4H3. The Morgan fingerprint density at radius 2 is 1.90 bits per heavy atom. The number of nitrogens with zero attached hydrogens (tertiary/aromatic N) is 1. The number of aryl methyl sites for hydroxylation is 1. The van der Waals surface area contributed by atoms with Crippen molar-refractivity contribution in [1.82, 2.24) is 4.57 Å². The van der Waals surface area contributed by atoms with Gasteiger partial charge in [0.2, 0.25) is 0 Å². The smallest absolute Gasteiger partial charge is 0.175 e. The summed E-state index contributed by atoms with van der Waals surface area (Å²) in [6, 6.07) is 5.80. The number of sulfone groups is 1. The monoisotopic (exact) mass is 310 g/mol. The maximum Gasteiger partial charge on any atom is 0.175 e. The summed E-state index contributed by atoms with van der Waals surface area (Å²) in [5.41, 5.74) is 3.47. The first kappa shape index (κ1) is 15.6. The molecule has 1 heterocycles. The number of rotatable bonds is 4. The Labute approximate surface area is 124 Å². The number of anilines is 1. The summed E-state index contributed by atoms with van der Waals surface area (Å²) < 4.78 is 38.9. The zero-order chi connectivity index (χ0) is 15.8. The minimum absolute atomic E-state index is 0.104. The van der Waals surface area contributed by atoms with Crippen molar-refractivity contribution >= 4 is 15.5 Å². The largest absolute Gasteiger partial charge is 0.378 e. The fourth-order valence-electron chi connectivity index (χ4n) is 2.17. The highest BCUT2D eigenvalue weighted by atomic mass is 32.2. The van der Waals surface area contributed by atoms with Crippen LogP contribution in [-0.4, -0.2) is 19.2 Å². The summed E-state index contributed by atoms with van der Waals surface area (Å²) in [5.74, 6) is -0.465. The molecule has 0 saturated carbocycles. The highest BCUT2D eigenvalue weighted by Crippen LogP contribution is 2.21. The summed E-state index contributed by atoms with van der Waals surface area (Å²) in [6.07, 6.45) is 1.11. The van der Waals surface area contributed by atoms with Crippen LogP contribution in [0.5, 0.6) is 0 Å². The summed E-state index contributed by atoms with van der Waals surface area (Å²) in [6.45, 7) is 4.44. The molecule has 1 aromatic heterocycles. The van der Waals surface area contributed by atoms with Crippen LogP contribution >= 0.6 is 0 Å². The number of nitrogens with one attached hydrogen (secondary N) is 1. The van der Waals surface area contributed by atoms with Crippen LogP contribution < -0.4 is 5.32 Å². The van der Waals surface area contributed by atoms with E-state index < -0.39 is 15.7 Å². The van der Waals surface area contributed by atoms with Crippen molar-refractivity contribution in [3.63, 3.8) is 0 Å². The van der Waals surface area contributed by atoms with Crippen LogP contribution in [0.15, 0.2) is 29.2 Å². The molecule has 2 rings (SSSR count). The van der Waals surface area contributed by atoms with Crippen LogP contribution in [0.1, 0.15) is 17.0 Å². The van der Waals surface area contributed by atoms with Gasteiger partial charge in [-0.15, -0.1) is 0 Å². The minimum atomic E-state index is -3.35. The summed E-state index contributed by atoms with van der Waals surface area (Å²) in [4.78, 5) is 0.104. The maximum absolute atomic E-state index is 13.8. The molecule has 1 aromatic carbocycles. The topological polar surface area (TPSA) is 51.1 Å². The molecule has 2 aromatic rings. The van der Waals surface area contributed by atoms with E-state index in [-0.39, 0.29) is 10.6 Å². The quantitative estimate of drug-likeness (QED) is 0.884. The van der Waals surface area contributed by atoms with Gasteiger partial charge in [-0.3, -0.25) is 0 Å². The Bertz CT molecular complexity index is 779. The van der Waals surface area contributed by atoms with Gasteiger partial charge in [0.05, 0.1) is 10.6 Å². The molecule has 21 heavy (non-hydrogen) atoms. The van der Waals surface area contributed by atoms with Gasteiger partial charge in [-0.05, 0) is 43.7 Å². The molecule has 6 heteroatoms. The van der Waals surface area contributed by atoms with Crippen molar-refractivity contribution in [2.45, 2.75) is 25.3 Å². The third kappa shape index (κ3) is 3.26. The molecule has 4 nitrogen and oxygen atoms in total. The highest BCUT2D eigenvalue weighted by Gasteiger charge is 2.12. The van der Waals surface area contributed by atoms with Gasteiger partial charge in [-0.25, -0.2) is 12.8 Å². The van der Waals surface area contributed by atoms with Gasteiger partial charge >= 0.3 is 0 Å². The van der Waals surface area contributed by atoms with E-state index in [0.29, 0.717) is 6.54 Å². The number of halogens is 1. The average Bonchev–Trinajstić information content (AvgIpc) is 2.64. The molecular weight excluding hydrogens is 291 g/mol. The average molecular weight is 310 g/mol. The third-order valence-corrected chi connectivity index (χ3v) is 4.83. The Morgan fingerprint density at radius 1 is 1.24 bits per heavy atom. The molecule has 0 bridgehead atoms. The molecule has 0 atom stereocenters. The van der Waals surface area contributed by atoms with E-state index in [1.807, 2.05) is 27.0 Å². The van der Waals surface area contributed by atoms with Crippen LogP contribution in [0.4, 0.5) is 10.1 Å². The van der Waals surface area contributed by atoms with Crippen molar-refractivity contribution in [3.05, 3.63) is 47.0 Å². The van der Waals surface area contributed by atoms with Gasteiger partial charge in [0, 0.05) is 31.2 Å². The Balaban J connectivity index is 2.26. The van der Waals surface area contributed by atoms with Crippen LogP contribution in [0.25, 0.3) is 0 Å². The van der Waals surface area contributed by atoms with Gasteiger partial charge in [-0.2, -0.15) is 0 Å². The van der Waals surface area contributed by atoms with E-state index >= 15 is 0 Å². The number of hydrogen-bond acceptors (Lipinski definition) is 3. The van der Waals surface area contributed by atoms with Crippen LogP contribution in [0.3, 0.4) is 0 Å². The molecule has 0 radical (unpaired) electrons. The van der Waals surface area contributed by atoms with E-state index in [1.54, 1.807) is 0 Å². The maximum atomic E-state index is 13.8. The summed E-state index contributed by atoms with van der Waals surface area (Å²) in [7, 11) is -1.38. The van der Waals surface area contributed by atoms with Crippen molar-refractivity contribution < 1.29 is 12.8 Å².